The van der Waals surface area contributed by atoms with Gasteiger partial charge in [0.15, 0.2) is 6.10 Å². The van der Waals surface area contributed by atoms with E-state index in [1.807, 2.05) is 0 Å². The number of fused-ring (bicyclic) bond motifs is 1. The lowest BCUT2D eigenvalue weighted by atomic mass is 10.0. The van der Waals surface area contributed by atoms with Crippen molar-refractivity contribution in [3.05, 3.63) is 53.6 Å². The van der Waals surface area contributed by atoms with Crippen molar-refractivity contribution in [2.75, 3.05) is 26.2 Å². The first kappa shape index (κ1) is 17.9. The minimum atomic E-state index is -1.02. The van der Waals surface area contributed by atoms with Gasteiger partial charge in [0.05, 0.1) is 38.3 Å². The number of carbonyl (C=O) groups excluding carboxylic acids is 2. The molecule has 2 amide bonds. The number of ether oxygens (including phenoxy) is 3. The zero-order valence-electron chi connectivity index (χ0n) is 15.5. The molecule has 8 heteroatoms. The Balaban J connectivity index is 1.77. The van der Waals surface area contributed by atoms with Gasteiger partial charge in [-0.3, -0.25) is 19.9 Å². The van der Waals surface area contributed by atoms with Crippen LogP contribution in [0.15, 0.2) is 48.0 Å². The van der Waals surface area contributed by atoms with Crippen molar-refractivity contribution in [1.82, 2.24) is 5.48 Å². The van der Waals surface area contributed by atoms with Crippen LogP contribution in [0.5, 0.6) is 17.2 Å². The Labute approximate surface area is 161 Å². The Morgan fingerprint density at radius 1 is 0.929 bits per heavy atom. The predicted octanol–water partition coefficient (Wildman–Crippen LogP) is 1.90. The molecule has 1 atom stereocenters. The fraction of sp³-hybridized carbons (Fsp3) is 0.200. The summed E-state index contributed by atoms with van der Waals surface area (Å²) in [5, 5.41) is 0. The minimum Gasteiger partial charge on any atom is -0.497 e. The second-order valence-corrected chi connectivity index (χ2v) is 6.13. The number of hydrogen-bond acceptors (Lipinski definition) is 7. The molecule has 0 unspecified atom stereocenters. The molecule has 2 aliphatic rings. The normalized spacial score (nSPS) is 18.2. The largest absolute Gasteiger partial charge is 0.497 e. The lowest BCUT2D eigenvalue weighted by Crippen LogP contribution is -2.34. The first-order valence-electron chi connectivity index (χ1n) is 8.49. The predicted molar refractivity (Wildman–Crippen MR) is 100.0 cm³/mol. The number of nitrogens with one attached hydrogen (secondary N) is 1. The van der Waals surface area contributed by atoms with Gasteiger partial charge < -0.3 is 14.2 Å². The van der Waals surface area contributed by atoms with Crippen molar-refractivity contribution >= 4 is 23.2 Å². The van der Waals surface area contributed by atoms with Gasteiger partial charge in [0.2, 0.25) is 0 Å². The maximum Gasteiger partial charge on any atom is 0.270 e. The quantitative estimate of drug-likeness (QED) is 0.791. The van der Waals surface area contributed by atoms with Gasteiger partial charge in [0, 0.05) is 11.6 Å². The zero-order valence-corrected chi connectivity index (χ0v) is 15.5. The van der Waals surface area contributed by atoms with Crippen LogP contribution in [0, 0.1) is 0 Å². The lowest BCUT2D eigenvalue weighted by molar-refractivity contribution is -0.127. The molecular weight excluding hydrogens is 364 g/mol. The van der Waals surface area contributed by atoms with E-state index in [-0.39, 0.29) is 5.57 Å². The number of rotatable bonds is 5. The van der Waals surface area contributed by atoms with Crippen LogP contribution in [0.25, 0.3) is 5.70 Å². The van der Waals surface area contributed by atoms with E-state index in [1.165, 1.54) is 7.11 Å². The van der Waals surface area contributed by atoms with E-state index in [4.69, 9.17) is 19.0 Å². The maximum absolute atomic E-state index is 13.1. The smallest absolute Gasteiger partial charge is 0.270 e. The number of anilines is 1. The standard InChI is InChI=1S/C20H18N2O6/c1-25-12-6-4-11(5-7-12)22-19(23)16-17(21-28-18(16)20(22)24)14-9-8-13(26-2)10-15(14)27-3/h4-10,18,21H,1-3H3/t18-/m0/s1. The molecule has 0 saturated carbocycles. The molecule has 0 bridgehead atoms. The van der Waals surface area contributed by atoms with Crippen LogP contribution in [-0.4, -0.2) is 39.2 Å². The Hall–Kier alpha value is -3.52. The average molecular weight is 382 g/mol. The van der Waals surface area contributed by atoms with Gasteiger partial charge in [0.25, 0.3) is 11.8 Å². The van der Waals surface area contributed by atoms with Crippen LogP contribution >= 0.6 is 0 Å². The summed E-state index contributed by atoms with van der Waals surface area (Å²) in [6, 6.07) is 11.8. The van der Waals surface area contributed by atoms with E-state index >= 15 is 0 Å². The summed E-state index contributed by atoms with van der Waals surface area (Å²) in [5.41, 5.74) is 4.39. The monoisotopic (exact) mass is 382 g/mol. The van der Waals surface area contributed by atoms with Crippen molar-refractivity contribution in [1.29, 1.82) is 0 Å². The second-order valence-electron chi connectivity index (χ2n) is 6.13. The number of carbonyl (C=O) groups is 2. The fourth-order valence-electron chi connectivity index (χ4n) is 3.27. The molecule has 0 aromatic heterocycles. The number of hydroxylamine groups is 1. The van der Waals surface area contributed by atoms with Crippen LogP contribution in [0.1, 0.15) is 5.56 Å². The van der Waals surface area contributed by atoms with Crippen molar-refractivity contribution in [2.24, 2.45) is 0 Å². The van der Waals surface area contributed by atoms with Crippen molar-refractivity contribution in [3.63, 3.8) is 0 Å². The van der Waals surface area contributed by atoms with E-state index in [2.05, 4.69) is 5.48 Å². The number of nitrogens with zero attached hydrogens (tertiary/aromatic N) is 1. The topological polar surface area (TPSA) is 86.3 Å². The summed E-state index contributed by atoms with van der Waals surface area (Å²) in [6.07, 6.45) is -1.02. The number of benzene rings is 2. The first-order valence-corrected chi connectivity index (χ1v) is 8.49. The molecule has 1 saturated heterocycles. The van der Waals surface area contributed by atoms with Crippen molar-refractivity contribution in [3.8, 4) is 17.2 Å². The SMILES string of the molecule is COc1ccc(N2C(=O)C3=C(c4ccc(OC)cc4OC)NO[C@@H]3C2=O)cc1. The zero-order chi connectivity index (χ0) is 19.8. The lowest BCUT2D eigenvalue weighted by Gasteiger charge is -2.16. The van der Waals surface area contributed by atoms with E-state index < -0.39 is 17.9 Å². The Morgan fingerprint density at radius 3 is 2.25 bits per heavy atom. The highest BCUT2D eigenvalue weighted by Gasteiger charge is 2.51. The Bertz CT molecular complexity index is 983. The molecule has 2 aromatic rings. The summed E-state index contributed by atoms with van der Waals surface area (Å²) >= 11 is 0. The average Bonchev–Trinajstić information content (AvgIpc) is 3.27. The van der Waals surface area contributed by atoms with E-state index in [1.54, 1.807) is 56.7 Å². The van der Waals surface area contributed by atoms with Crippen LogP contribution < -0.4 is 24.6 Å². The third-order valence-corrected chi connectivity index (χ3v) is 4.70. The van der Waals surface area contributed by atoms with Gasteiger partial charge in [-0.2, -0.15) is 0 Å². The molecule has 2 heterocycles. The molecule has 144 valence electrons. The van der Waals surface area contributed by atoms with Gasteiger partial charge in [-0.15, -0.1) is 0 Å². The molecule has 1 N–H and O–H groups in total. The maximum atomic E-state index is 13.1. The molecule has 0 radical (unpaired) electrons. The van der Waals surface area contributed by atoms with E-state index in [0.29, 0.717) is 34.2 Å². The highest BCUT2D eigenvalue weighted by molar-refractivity contribution is 6.33. The van der Waals surface area contributed by atoms with Gasteiger partial charge in [-0.1, -0.05) is 0 Å². The fourth-order valence-corrected chi connectivity index (χ4v) is 3.27. The molecule has 0 aliphatic carbocycles. The van der Waals surface area contributed by atoms with Crippen LogP contribution in [0.4, 0.5) is 5.69 Å². The van der Waals surface area contributed by atoms with E-state index in [0.717, 1.165) is 4.90 Å². The second kappa shape index (κ2) is 6.90. The summed E-state index contributed by atoms with van der Waals surface area (Å²) in [4.78, 5) is 32.4. The van der Waals surface area contributed by atoms with Crippen LogP contribution in [0.2, 0.25) is 0 Å². The molecular formula is C20H18N2O6. The molecule has 28 heavy (non-hydrogen) atoms. The summed E-state index contributed by atoms with van der Waals surface area (Å²) in [5.74, 6) is 0.819. The number of hydrogen-bond donors (Lipinski definition) is 1. The number of imide groups is 1. The highest BCUT2D eigenvalue weighted by Crippen LogP contribution is 2.39. The molecule has 4 rings (SSSR count). The first-order chi connectivity index (χ1) is 13.6. The van der Waals surface area contributed by atoms with E-state index in [9.17, 15) is 9.59 Å². The number of methoxy groups -OCH3 is 3. The summed E-state index contributed by atoms with van der Waals surface area (Å²) in [6.45, 7) is 0. The third-order valence-electron chi connectivity index (χ3n) is 4.70. The highest BCUT2D eigenvalue weighted by atomic mass is 16.7. The molecule has 2 aromatic carbocycles. The molecule has 2 aliphatic heterocycles. The van der Waals surface area contributed by atoms with Gasteiger partial charge >= 0.3 is 0 Å². The summed E-state index contributed by atoms with van der Waals surface area (Å²) < 4.78 is 15.7. The van der Waals surface area contributed by atoms with Gasteiger partial charge in [-0.05, 0) is 36.4 Å². The third kappa shape index (κ3) is 2.66. The molecule has 8 nitrogen and oxygen atoms in total. The van der Waals surface area contributed by atoms with Gasteiger partial charge in [-0.25, -0.2) is 4.90 Å². The van der Waals surface area contributed by atoms with Crippen LogP contribution in [-0.2, 0) is 14.4 Å². The minimum absolute atomic E-state index is 0.240. The Morgan fingerprint density at radius 2 is 1.61 bits per heavy atom. The van der Waals surface area contributed by atoms with Gasteiger partial charge in [0.1, 0.15) is 17.2 Å². The Kier molecular flexibility index (Phi) is 4.40. The molecule has 1 fully saturated rings. The number of amides is 2. The van der Waals surface area contributed by atoms with Crippen molar-refractivity contribution < 1.29 is 28.6 Å². The van der Waals surface area contributed by atoms with Crippen LogP contribution in [0.3, 0.4) is 0 Å². The molecule has 0 spiro atoms. The summed E-state index contributed by atoms with van der Waals surface area (Å²) in [7, 11) is 4.61. The van der Waals surface area contributed by atoms with Crippen molar-refractivity contribution in [2.45, 2.75) is 6.10 Å².